The van der Waals surface area contributed by atoms with Gasteiger partial charge >= 0.3 is 6.09 Å². The fraction of sp³-hybridized carbons (Fsp3) is 0.222. The number of rotatable bonds is 6. The largest absolute Gasteiger partial charge is 0.489 e. The van der Waals surface area contributed by atoms with Crippen LogP contribution in [0, 0.1) is 11.3 Å². The second-order valence-corrected chi connectivity index (χ2v) is 8.56. The van der Waals surface area contributed by atoms with Crippen molar-refractivity contribution < 1.29 is 23.9 Å². The zero-order valence-electron chi connectivity index (χ0n) is 20.2. The molecule has 3 amide bonds. The number of aromatic nitrogens is 1. The normalized spacial score (nSPS) is 15.0. The highest BCUT2D eigenvalue weighted by molar-refractivity contribution is 5.95. The number of nitrogens with two attached hydrogens (primary N) is 1. The first-order valence-corrected chi connectivity index (χ1v) is 11.6. The van der Waals surface area contributed by atoms with Crippen molar-refractivity contribution in [3.8, 4) is 17.6 Å². The summed E-state index contributed by atoms with van der Waals surface area (Å²) in [6, 6.07) is 17.3. The quantitative estimate of drug-likeness (QED) is 0.550. The minimum atomic E-state index is -0.670. The van der Waals surface area contributed by atoms with Crippen LogP contribution in [0.4, 0.5) is 4.79 Å². The van der Waals surface area contributed by atoms with E-state index in [0.717, 1.165) is 5.56 Å². The predicted octanol–water partition coefficient (Wildman–Crippen LogP) is 2.98. The molecule has 2 aromatic carbocycles. The highest BCUT2D eigenvalue weighted by Gasteiger charge is 2.31. The minimum Gasteiger partial charge on any atom is -0.489 e. The van der Waals surface area contributed by atoms with E-state index in [1.165, 1.54) is 23.4 Å². The van der Waals surface area contributed by atoms with Crippen molar-refractivity contribution >= 4 is 17.9 Å². The summed E-state index contributed by atoms with van der Waals surface area (Å²) >= 11 is 0. The number of pyridine rings is 1. The van der Waals surface area contributed by atoms with Gasteiger partial charge in [0.25, 0.3) is 5.91 Å². The summed E-state index contributed by atoms with van der Waals surface area (Å²) in [7, 11) is 0. The van der Waals surface area contributed by atoms with E-state index in [1.807, 2.05) is 13.0 Å². The SMILES string of the molecule is CC1CN(C(=O)Oc2cncc(C(N)=O)c2)CCN1C(=O)c1ccc(OCc2cccc(C#N)c2)cc1. The van der Waals surface area contributed by atoms with E-state index in [1.54, 1.807) is 47.4 Å². The molecule has 10 heteroatoms. The maximum absolute atomic E-state index is 13.1. The van der Waals surface area contributed by atoms with Crippen LogP contribution >= 0.6 is 0 Å². The molecule has 1 atom stereocenters. The maximum Gasteiger partial charge on any atom is 0.415 e. The van der Waals surface area contributed by atoms with Crippen molar-refractivity contribution in [2.75, 3.05) is 19.6 Å². The van der Waals surface area contributed by atoms with E-state index in [-0.39, 0.29) is 29.8 Å². The number of ether oxygens (including phenoxy) is 2. The van der Waals surface area contributed by atoms with E-state index in [9.17, 15) is 14.4 Å². The Morgan fingerprint density at radius 2 is 1.84 bits per heavy atom. The summed E-state index contributed by atoms with van der Waals surface area (Å²) < 4.78 is 11.1. The lowest BCUT2D eigenvalue weighted by Crippen LogP contribution is -2.56. The third kappa shape index (κ3) is 6.21. The van der Waals surface area contributed by atoms with Gasteiger partial charge in [-0.1, -0.05) is 12.1 Å². The van der Waals surface area contributed by atoms with Crippen molar-refractivity contribution in [1.82, 2.24) is 14.8 Å². The average molecular weight is 500 g/mol. The molecule has 0 bridgehead atoms. The number of amides is 3. The minimum absolute atomic E-state index is 0.118. The first-order chi connectivity index (χ1) is 17.8. The number of primary amides is 1. The lowest BCUT2D eigenvalue weighted by Gasteiger charge is -2.39. The number of hydrogen-bond acceptors (Lipinski definition) is 7. The molecular weight excluding hydrogens is 474 g/mol. The molecule has 1 aliphatic heterocycles. The summed E-state index contributed by atoms with van der Waals surface area (Å²) in [4.78, 5) is 44.1. The number of nitrogens with zero attached hydrogens (tertiary/aromatic N) is 4. The van der Waals surface area contributed by atoms with E-state index in [2.05, 4.69) is 11.1 Å². The number of benzene rings is 2. The smallest absolute Gasteiger partial charge is 0.415 e. The number of carbonyl (C=O) groups excluding carboxylic acids is 3. The van der Waals surface area contributed by atoms with Crippen molar-refractivity contribution in [1.29, 1.82) is 5.26 Å². The van der Waals surface area contributed by atoms with Crippen LogP contribution in [0.1, 0.15) is 38.8 Å². The van der Waals surface area contributed by atoms with Crippen molar-refractivity contribution in [3.63, 3.8) is 0 Å². The van der Waals surface area contributed by atoms with E-state index < -0.39 is 12.0 Å². The Hall–Kier alpha value is -4.91. The maximum atomic E-state index is 13.1. The van der Waals surface area contributed by atoms with Gasteiger partial charge in [-0.3, -0.25) is 14.6 Å². The van der Waals surface area contributed by atoms with Gasteiger partial charge in [0, 0.05) is 37.4 Å². The van der Waals surface area contributed by atoms with Gasteiger partial charge in [0.05, 0.1) is 23.4 Å². The first kappa shape index (κ1) is 25.2. The van der Waals surface area contributed by atoms with E-state index >= 15 is 0 Å². The topological polar surface area (TPSA) is 139 Å². The Morgan fingerprint density at radius 3 is 2.54 bits per heavy atom. The second kappa shape index (κ2) is 11.2. The highest BCUT2D eigenvalue weighted by Crippen LogP contribution is 2.20. The molecule has 188 valence electrons. The number of carbonyl (C=O) groups is 3. The molecule has 3 aromatic rings. The Labute approximate surface area is 213 Å². The number of hydrogen-bond donors (Lipinski definition) is 1. The van der Waals surface area contributed by atoms with Gasteiger partial charge in [-0.2, -0.15) is 5.26 Å². The third-order valence-electron chi connectivity index (χ3n) is 5.91. The first-order valence-electron chi connectivity index (χ1n) is 11.6. The van der Waals surface area contributed by atoms with Crippen LogP contribution in [0.2, 0.25) is 0 Å². The molecule has 4 rings (SSSR count). The van der Waals surface area contributed by atoms with Gasteiger partial charge < -0.3 is 25.0 Å². The molecule has 0 aliphatic carbocycles. The summed E-state index contributed by atoms with van der Waals surface area (Å²) in [6.45, 7) is 3.08. The summed E-state index contributed by atoms with van der Waals surface area (Å²) in [5, 5.41) is 9.01. The molecule has 37 heavy (non-hydrogen) atoms. The van der Waals surface area contributed by atoms with Crippen LogP contribution in [0.25, 0.3) is 0 Å². The van der Waals surface area contributed by atoms with E-state index in [4.69, 9.17) is 20.5 Å². The highest BCUT2D eigenvalue weighted by atomic mass is 16.6. The molecule has 1 saturated heterocycles. The van der Waals surface area contributed by atoms with Crippen LogP contribution in [-0.2, 0) is 6.61 Å². The summed E-state index contributed by atoms with van der Waals surface area (Å²) in [5.41, 5.74) is 7.33. The molecule has 1 aromatic heterocycles. The van der Waals surface area contributed by atoms with Crippen LogP contribution in [0.15, 0.2) is 67.0 Å². The van der Waals surface area contributed by atoms with Crippen molar-refractivity contribution in [2.45, 2.75) is 19.6 Å². The molecule has 0 radical (unpaired) electrons. The molecule has 2 heterocycles. The van der Waals surface area contributed by atoms with Gasteiger partial charge in [-0.15, -0.1) is 0 Å². The number of nitriles is 1. The Balaban J connectivity index is 1.31. The monoisotopic (exact) mass is 499 g/mol. The molecule has 0 saturated carbocycles. The van der Waals surface area contributed by atoms with Crippen LogP contribution < -0.4 is 15.2 Å². The predicted molar refractivity (Wildman–Crippen MR) is 133 cm³/mol. The van der Waals surface area contributed by atoms with Crippen LogP contribution in [0.5, 0.6) is 11.5 Å². The van der Waals surface area contributed by atoms with Gasteiger partial charge in [-0.25, -0.2) is 4.79 Å². The summed E-state index contributed by atoms with van der Waals surface area (Å²) in [6.07, 6.45) is 2.02. The lowest BCUT2D eigenvalue weighted by molar-refractivity contribution is 0.0495. The Bertz CT molecular complexity index is 1350. The molecule has 0 spiro atoms. The molecule has 1 aliphatic rings. The Kier molecular flexibility index (Phi) is 7.64. The van der Waals surface area contributed by atoms with Crippen molar-refractivity contribution in [3.05, 3.63) is 89.2 Å². The van der Waals surface area contributed by atoms with Gasteiger partial charge in [0.15, 0.2) is 5.75 Å². The molecule has 2 N–H and O–H groups in total. The Morgan fingerprint density at radius 1 is 1.05 bits per heavy atom. The standard InChI is InChI=1S/C27H25N5O5/c1-18-16-31(27(35)37-24-12-22(25(29)33)14-30-15-24)9-10-32(18)26(34)21-5-7-23(8-6-21)36-17-20-4-2-3-19(11-20)13-28/h2-8,11-12,14-15,18H,9-10,16-17H2,1H3,(H2,29,33). The molecule has 10 nitrogen and oxygen atoms in total. The van der Waals surface area contributed by atoms with Crippen LogP contribution in [-0.4, -0.2) is 58.4 Å². The fourth-order valence-electron chi connectivity index (χ4n) is 3.96. The lowest BCUT2D eigenvalue weighted by atomic mass is 10.1. The van der Waals surface area contributed by atoms with Gasteiger partial charge in [0.2, 0.25) is 5.91 Å². The fourth-order valence-corrected chi connectivity index (χ4v) is 3.96. The second-order valence-electron chi connectivity index (χ2n) is 8.56. The number of piperazine rings is 1. The van der Waals surface area contributed by atoms with Crippen LogP contribution in [0.3, 0.4) is 0 Å². The summed E-state index contributed by atoms with van der Waals surface area (Å²) in [5.74, 6) is -0.0924. The zero-order valence-corrected chi connectivity index (χ0v) is 20.2. The average Bonchev–Trinajstić information content (AvgIpc) is 2.92. The third-order valence-corrected chi connectivity index (χ3v) is 5.91. The van der Waals surface area contributed by atoms with E-state index in [0.29, 0.717) is 36.6 Å². The molecular formula is C27H25N5O5. The zero-order chi connectivity index (χ0) is 26.4. The molecule has 1 fully saturated rings. The van der Waals surface area contributed by atoms with Gasteiger partial charge in [-0.05, 0) is 55.0 Å². The molecule has 1 unspecified atom stereocenters. The van der Waals surface area contributed by atoms with Gasteiger partial charge in [0.1, 0.15) is 12.4 Å². The van der Waals surface area contributed by atoms with Crippen molar-refractivity contribution in [2.24, 2.45) is 5.73 Å².